The average molecular weight is 376 g/mol. The molecule has 1 N–H and O–H groups in total. The molecule has 0 unspecified atom stereocenters. The van der Waals surface area contributed by atoms with E-state index in [1.807, 2.05) is 60.1 Å². The lowest BCUT2D eigenvalue weighted by atomic mass is 10.3. The van der Waals surface area contributed by atoms with Crippen molar-refractivity contribution in [2.45, 2.75) is 13.5 Å². The van der Waals surface area contributed by atoms with Crippen LogP contribution in [0.15, 0.2) is 48.5 Å². The molecule has 4 rings (SSSR count). The lowest BCUT2D eigenvalue weighted by molar-refractivity contribution is 0.101. The normalized spacial score (nSPS) is 11.0. The van der Waals surface area contributed by atoms with Gasteiger partial charge in [0.1, 0.15) is 11.6 Å². The lowest BCUT2D eigenvalue weighted by Gasteiger charge is -2.10. The average Bonchev–Trinajstić information content (AvgIpc) is 3.28. The van der Waals surface area contributed by atoms with Crippen LogP contribution in [0.1, 0.15) is 23.2 Å². The van der Waals surface area contributed by atoms with Gasteiger partial charge in [0.05, 0.1) is 30.4 Å². The number of anilines is 1. The zero-order valence-electron chi connectivity index (χ0n) is 15.9. The number of aromatic nitrogens is 5. The van der Waals surface area contributed by atoms with Gasteiger partial charge >= 0.3 is 0 Å². The van der Waals surface area contributed by atoms with E-state index in [1.165, 1.54) is 6.92 Å². The minimum Gasteiger partial charge on any atom is -0.497 e. The van der Waals surface area contributed by atoms with Gasteiger partial charge in [-0.1, -0.05) is 17.3 Å². The molecular weight excluding hydrogens is 356 g/mol. The Morgan fingerprint density at radius 3 is 2.57 bits per heavy atom. The van der Waals surface area contributed by atoms with Gasteiger partial charge in [-0.3, -0.25) is 4.79 Å². The van der Waals surface area contributed by atoms with Crippen LogP contribution >= 0.6 is 0 Å². The van der Waals surface area contributed by atoms with Crippen molar-refractivity contribution in [3.63, 3.8) is 0 Å². The third-order valence-electron chi connectivity index (χ3n) is 4.61. The number of benzene rings is 2. The van der Waals surface area contributed by atoms with Gasteiger partial charge in [0.2, 0.25) is 0 Å². The summed E-state index contributed by atoms with van der Waals surface area (Å²) in [6.07, 6.45) is 0. The number of fused-ring (bicyclic) bond motifs is 1. The van der Waals surface area contributed by atoms with Crippen LogP contribution in [0.4, 0.5) is 5.82 Å². The molecule has 8 heteroatoms. The van der Waals surface area contributed by atoms with Crippen molar-refractivity contribution in [1.82, 2.24) is 24.5 Å². The van der Waals surface area contributed by atoms with Crippen molar-refractivity contribution >= 4 is 22.6 Å². The zero-order chi connectivity index (χ0) is 19.7. The minimum absolute atomic E-state index is 0.160. The molecular formula is C20H20N6O2. The third kappa shape index (κ3) is 3.09. The quantitative estimate of drug-likeness (QED) is 0.521. The van der Waals surface area contributed by atoms with E-state index in [4.69, 9.17) is 4.74 Å². The Morgan fingerprint density at radius 2 is 1.89 bits per heavy atom. The van der Waals surface area contributed by atoms with Crippen LogP contribution in [0, 0.1) is 0 Å². The van der Waals surface area contributed by atoms with E-state index in [-0.39, 0.29) is 11.5 Å². The van der Waals surface area contributed by atoms with Crippen molar-refractivity contribution in [3.05, 3.63) is 60.0 Å². The van der Waals surface area contributed by atoms with Crippen molar-refractivity contribution in [3.8, 4) is 11.4 Å². The van der Waals surface area contributed by atoms with Crippen LogP contribution in [0.2, 0.25) is 0 Å². The zero-order valence-corrected chi connectivity index (χ0v) is 15.9. The van der Waals surface area contributed by atoms with E-state index in [1.54, 1.807) is 11.8 Å². The van der Waals surface area contributed by atoms with E-state index in [0.717, 1.165) is 28.3 Å². The number of aryl methyl sites for hydroxylation is 1. The molecule has 0 amide bonds. The van der Waals surface area contributed by atoms with Crippen LogP contribution in [0.5, 0.6) is 5.75 Å². The molecule has 0 saturated heterocycles. The molecule has 0 spiro atoms. The number of hydrogen-bond acceptors (Lipinski definition) is 6. The van der Waals surface area contributed by atoms with Crippen molar-refractivity contribution < 1.29 is 9.53 Å². The highest BCUT2D eigenvalue weighted by atomic mass is 16.5. The first-order valence-corrected chi connectivity index (χ1v) is 8.83. The maximum atomic E-state index is 12.0. The molecule has 0 aliphatic carbocycles. The number of Topliss-reactive ketones (excluding diaryl/α,β-unsaturated/α-hetero) is 1. The van der Waals surface area contributed by atoms with Crippen LogP contribution < -0.4 is 10.1 Å². The molecule has 0 radical (unpaired) electrons. The molecule has 2 heterocycles. The second-order valence-electron chi connectivity index (χ2n) is 6.38. The largest absolute Gasteiger partial charge is 0.497 e. The van der Waals surface area contributed by atoms with Crippen molar-refractivity contribution in [2.24, 2.45) is 7.05 Å². The summed E-state index contributed by atoms with van der Waals surface area (Å²) in [5.74, 6) is 1.96. The number of nitrogens with one attached hydrogen (secondary N) is 1. The Morgan fingerprint density at radius 1 is 1.14 bits per heavy atom. The molecule has 28 heavy (non-hydrogen) atoms. The van der Waals surface area contributed by atoms with Gasteiger partial charge in [-0.15, -0.1) is 5.10 Å². The topological polar surface area (TPSA) is 86.9 Å². The number of rotatable bonds is 6. The van der Waals surface area contributed by atoms with Gasteiger partial charge in [0.15, 0.2) is 17.3 Å². The first kappa shape index (κ1) is 17.7. The minimum atomic E-state index is -0.160. The van der Waals surface area contributed by atoms with E-state index < -0.39 is 0 Å². The van der Waals surface area contributed by atoms with Crippen molar-refractivity contribution in [2.75, 3.05) is 12.4 Å². The van der Waals surface area contributed by atoms with Crippen molar-refractivity contribution in [1.29, 1.82) is 0 Å². The number of imidazole rings is 1. The molecule has 8 nitrogen and oxygen atoms in total. The van der Waals surface area contributed by atoms with Gasteiger partial charge < -0.3 is 14.6 Å². The molecule has 0 atom stereocenters. The predicted octanol–water partition coefficient (Wildman–Crippen LogP) is 2.98. The van der Waals surface area contributed by atoms with Crippen LogP contribution in [-0.2, 0) is 13.6 Å². The number of ketones is 1. The highest BCUT2D eigenvalue weighted by Crippen LogP contribution is 2.22. The Hall–Kier alpha value is -3.68. The first-order chi connectivity index (χ1) is 13.6. The van der Waals surface area contributed by atoms with E-state index in [0.29, 0.717) is 12.4 Å². The molecule has 0 aliphatic heterocycles. The highest BCUT2D eigenvalue weighted by molar-refractivity contribution is 5.96. The second-order valence-corrected chi connectivity index (χ2v) is 6.38. The summed E-state index contributed by atoms with van der Waals surface area (Å²) in [5, 5.41) is 11.5. The Kier molecular flexibility index (Phi) is 4.52. The maximum Gasteiger partial charge on any atom is 0.183 e. The van der Waals surface area contributed by atoms with Crippen LogP contribution in [-0.4, -0.2) is 37.4 Å². The lowest BCUT2D eigenvalue weighted by Crippen LogP contribution is -2.12. The van der Waals surface area contributed by atoms with E-state index >= 15 is 0 Å². The highest BCUT2D eigenvalue weighted by Gasteiger charge is 2.18. The maximum absolute atomic E-state index is 12.0. The monoisotopic (exact) mass is 376 g/mol. The van der Waals surface area contributed by atoms with Gasteiger partial charge in [-0.25, -0.2) is 4.98 Å². The fourth-order valence-electron chi connectivity index (χ4n) is 3.10. The Bertz CT molecular complexity index is 1140. The summed E-state index contributed by atoms with van der Waals surface area (Å²) in [6, 6.07) is 15.3. The number of nitrogens with zero attached hydrogens (tertiary/aromatic N) is 5. The molecule has 142 valence electrons. The summed E-state index contributed by atoms with van der Waals surface area (Å²) < 4.78 is 8.84. The molecule has 4 aromatic rings. The molecule has 0 fully saturated rings. The fraction of sp³-hybridized carbons (Fsp3) is 0.200. The Labute approximate surface area is 161 Å². The number of hydrogen-bond donors (Lipinski definition) is 1. The number of para-hydroxylation sites is 2. The summed E-state index contributed by atoms with van der Waals surface area (Å²) >= 11 is 0. The number of carbonyl (C=O) groups is 1. The number of carbonyl (C=O) groups excluding carboxylic acids is 1. The third-order valence-corrected chi connectivity index (χ3v) is 4.61. The van der Waals surface area contributed by atoms with E-state index in [9.17, 15) is 4.79 Å². The fourth-order valence-corrected chi connectivity index (χ4v) is 3.10. The van der Waals surface area contributed by atoms with Crippen LogP contribution in [0.25, 0.3) is 16.7 Å². The smallest absolute Gasteiger partial charge is 0.183 e. The SMILES string of the molecule is COc1ccc(-n2nnc(C(C)=O)c2NCc2nc3ccccc3n2C)cc1. The second kappa shape index (κ2) is 7.15. The molecule has 0 bridgehead atoms. The molecule has 2 aromatic heterocycles. The molecule has 2 aromatic carbocycles. The number of methoxy groups -OCH3 is 1. The summed E-state index contributed by atoms with van der Waals surface area (Å²) in [7, 11) is 3.58. The van der Waals surface area contributed by atoms with Gasteiger partial charge in [0, 0.05) is 14.0 Å². The number of ether oxygens (including phenoxy) is 1. The summed E-state index contributed by atoms with van der Waals surface area (Å²) in [5.41, 5.74) is 3.03. The van der Waals surface area contributed by atoms with Gasteiger partial charge in [0.25, 0.3) is 0 Å². The van der Waals surface area contributed by atoms with Crippen LogP contribution in [0.3, 0.4) is 0 Å². The standard InChI is InChI=1S/C20H20N6O2/c1-13(27)19-20(26(24-23-19)14-8-10-15(28-3)11-9-14)21-12-18-22-16-6-4-5-7-17(16)25(18)2/h4-11,21H,12H2,1-3H3. The Balaban J connectivity index is 1.68. The summed E-state index contributed by atoms with van der Waals surface area (Å²) in [6.45, 7) is 1.90. The van der Waals surface area contributed by atoms with Gasteiger partial charge in [-0.05, 0) is 36.4 Å². The van der Waals surface area contributed by atoms with E-state index in [2.05, 4.69) is 20.6 Å². The first-order valence-electron chi connectivity index (χ1n) is 8.83. The summed E-state index contributed by atoms with van der Waals surface area (Å²) in [4.78, 5) is 16.7. The van der Waals surface area contributed by atoms with Gasteiger partial charge in [-0.2, -0.15) is 4.68 Å². The molecule has 0 aliphatic rings. The molecule has 0 saturated carbocycles. The predicted molar refractivity (Wildman–Crippen MR) is 106 cm³/mol.